The van der Waals surface area contributed by atoms with Crippen molar-refractivity contribution in [3.63, 3.8) is 0 Å². The molecular formula is C24H24F4N6O4. The van der Waals surface area contributed by atoms with Crippen molar-refractivity contribution < 1.29 is 36.2 Å². The Morgan fingerprint density at radius 3 is 2.74 bits per heavy atom. The molecule has 3 N–H and O–H groups in total. The van der Waals surface area contributed by atoms with Crippen molar-refractivity contribution in [1.82, 2.24) is 20.3 Å². The number of fused-ring (bicyclic) bond motifs is 2. The highest BCUT2D eigenvalue weighted by atomic mass is 19.4. The fourth-order valence-electron chi connectivity index (χ4n) is 4.72. The van der Waals surface area contributed by atoms with Gasteiger partial charge >= 0.3 is 18.1 Å². The maximum atomic E-state index is 14.9. The van der Waals surface area contributed by atoms with E-state index in [1.54, 1.807) is 0 Å². The largest absolute Gasteiger partial charge is 0.467 e. The topological polar surface area (TPSA) is 129 Å². The number of nitrogen functional groups attached to an aromatic ring is 1. The van der Waals surface area contributed by atoms with Crippen LogP contribution in [0.2, 0.25) is 0 Å². The van der Waals surface area contributed by atoms with Crippen LogP contribution in [0, 0.1) is 5.82 Å². The molecule has 0 bridgehead atoms. The zero-order valence-corrected chi connectivity index (χ0v) is 20.5. The summed E-state index contributed by atoms with van der Waals surface area (Å²) in [5.74, 6) is -0.622. The van der Waals surface area contributed by atoms with Gasteiger partial charge in [0.05, 0.1) is 43.3 Å². The third-order valence-electron chi connectivity index (χ3n) is 6.55. The van der Waals surface area contributed by atoms with Gasteiger partial charge in [-0.25, -0.2) is 9.37 Å². The van der Waals surface area contributed by atoms with Gasteiger partial charge < -0.3 is 29.8 Å². The highest BCUT2D eigenvalue weighted by molar-refractivity contribution is 5.89. The van der Waals surface area contributed by atoms with E-state index in [-0.39, 0.29) is 31.5 Å². The molecule has 3 aromatic rings. The summed E-state index contributed by atoms with van der Waals surface area (Å²) < 4.78 is 72.8. The number of hydrogen-bond acceptors (Lipinski definition) is 9. The summed E-state index contributed by atoms with van der Waals surface area (Å²) >= 11 is 0. The SMILES string of the molecule is CNC(=O)c1nc2c(o1)CCCN(c1nc(OC)nc3c1COC(c1c(C(F)(F)F)ccc(N)c1F)C3)C2. The first-order valence-corrected chi connectivity index (χ1v) is 11.8. The number of oxazole rings is 1. The van der Waals surface area contributed by atoms with Crippen molar-refractivity contribution in [3.8, 4) is 6.01 Å². The second-order valence-electron chi connectivity index (χ2n) is 8.88. The number of anilines is 2. The van der Waals surface area contributed by atoms with Gasteiger partial charge in [0.2, 0.25) is 0 Å². The van der Waals surface area contributed by atoms with Gasteiger partial charge in [0.25, 0.3) is 5.89 Å². The average molecular weight is 536 g/mol. The number of carbonyl (C=O) groups excluding carboxylic acids is 1. The third kappa shape index (κ3) is 4.59. The van der Waals surface area contributed by atoms with Gasteiger partial charge in [-0.3, -0.25) is 4.79 Å². The molecule has 0 aliphatic carbocycles. The Morgan fingerprint density at radius 1 is 1.24 bits per heavy atom. The predicted octanol–water partition coefficient (Wildman–Crippen LogP) is 3.34. The van der Waals surface area contributed by atoms with E-state index < -0.39 is 40.8 Å². The van der Waals surface area contributed by atoms with E-state index in [2.05, 4.69) is 20.3 Å². The zero-order valence-electron chi connectivity index (χ0n) is 20.5. The van der Waals surface area contributed by atoms with Crippen molar-refractivity contribution in [2.45, 2.75) is 44.7 Å². The van der Waals surface area contributed by atoms with Crippen LogP contribution in [0.4, 0.5) is 29.1 Å². The van der Waals surface area contributed by atoms with E-state index in [0.29, 0.717) is 47.9 Å². The number of rotatable bonds is 4. The number of nitrogens with one attached hydrogen (secondary N) is 1. The lowest BCUT2D eigenvalue weighted by atomic mass is 9.94. The van der Waals surface area contributed by atoms with Crippen molar-refractivity contribution in [3.05, 3.63) is 57.7 Å². The van der Waals surface area contributed by atoms with E-state index in [0.717, 1.165) is 12.1 Å². The molecule has 1 unspecified atom stereocenters. The molecule has 0 saturated carbocycles. The molecule has 0 fully saturated rings. The van der Waals surface area contributed by atoms with Crippen LogP contribution in [0.3, 0.4) is 0 Å². The summed E-state index contributed by atoms with van der Waals surface area (Å²) in [7, 11) is 2.85. The number of aromatic nitrogens is 3. The number of halogens is 4. The Balaban J connectivity index is 1.52. The molecule has 14 heteroatoms. The van der Waals surface area contributed by atoms with Crippen molar-refractivity contribution in [1.29, 1.82) is 0 Å². The number of alkyl halides is 3. The number of amides is 1. The molecule has 0 radical (unpaired) electrons. The lowest BCUT2D eigenvalue weighted by Crippen LogP contribution is -2.29. The van der Waals surface area contributed by atoms with Crippen LogP contribution in [0.1, 0.15) is 57.0 Å². The number of aryl methyl sites for hydroxylation is 1. The van der Waals surface area contributed by atoms with Gasteiger partial charge in [0.1, 0.15) is 17.3 Å². The van der Waals surface area contributed by atoms with Crippen molar-refractivity contribution in [2.75, 3.05) is 31.3 Å². The molecule has 1 amide bonds. The van der Waals surface area contributed by atoms with E-state index in [1.165, 1.54) is 14.2 Å². The van der Waals surface area contributed by atoms with E-state index >= 15 is 0 Å². The minimum Gasteiger partial charge on any atom is -0.467 e. The van der Waals surface area contributed by atoms with E-state index in [1.807, 2.05) is 4.90 Å². The number of nitrogens with two attached hydrogens (primary N) is 1. The van der Waals surface area contributed by atoms with Crippen LogP contribution < -0.4 is 20.7 Å². The summed E-state index contributed by atoms with van der Waals surface area (Å²) in [6.45, 7) is 0.629. The summed E-state index contributed by atoms with van der Waals surface area (Å²) in [4.78, 5) is 27.0. The zero-order chi connectivity index (χ0) is 27.2. The molecule has 2 aliphatic heterocycles. The van der Waals surface area contributed by atoms with Gasteiger partial charge in [0.15, 0.2) is 5.82 Å². The molecule has 1 aromatic carbocycles. The second-order valence-corrected chi connectivity index (χ2v) is 8.88. The Kier molecular flexibility index (Phi) is 6.59. The predicted molar refractivity (Wildman–Crippen MR) is 125 cm³/mol. The molecule has 2 aliphatic rings. The molecule has 202 valence electrons. The van der Waals surface area contributed by atoms with Crippen LogP contribution in [-0.4, -0.2) is 41.6 Å². The second kappa shape index (κ2) is 9.74. The van der Waals surface area contributed by atoms with Crippen LogP contribution >= 0.6 is 0 Å². The molecule has 2 aromatic heterocycles. The molecule has 38 heavy (non-hydrogen) atoms. The summed E-state index contributed by atoms with van der Waals surface area (Å²) in [5, 5.41) is 2.48. The van der Waals surface area contributed by atoms with Gasteiger partial charge in [-0.15, -0.1) is 0 Å². The summed E-state index contributed by atoms with van der Waals surface area (Å²) in [6, 6.07) is 1.63. The summed E-state index contributed by atoms with van der Waals surface area (Å²) in [6.07, 6.45) is -5.04. The van der Waals surface area contributed by atoms with Gasteiger partial charge in [-0.2, -0.15) is 23.1 Å². The molecule has 0 saturated heterocycles. The Hall–Kier alpha value is -3.94. The molecule has 1 atom stereocenters. The summed E-state index contributed by atoms with van der Waals surface area (Å²) in [5.41, 5.74) is 4.85. The molecular weight excluding hydrogens is 512 g/mol. The van der Waals surface area contributed by atoms with Crippen molar-refractivity contribution in [2.24, 2.45) is 0 Å². The van der Waals surface area contributed by atoms with Crippen LogP contribution in [0.5, 0.6) is 6.01 Å². The Morgan fingerprint density at radius 2 is 2.03 bits per heavy atom. The molecule has 10 nitrogen and oxygen atoms in total. The number of ether oxygens (including phenoxy) is 2. The number of carbonyl (C=O) groups is 1. The maximum absolute atomic E-state index is 14.9. The number of methoxy groups -OCH3 is 1. The Labute approximate surface area is 214 Å². The van der Waals surface area contributed by atoms with Crippen LogP contribution in [-0.2, 0) is 36.9 Å². The van der Waals surface area contributed by atoms with Crippen molar-refractivity contribution >= 4 is 17.4 Å². The smallest absolute Gasteiger partial charge is 0.416 e. The van der Waals surface area contributed by atoms with Gasteiger partial charge in [0, 0.05) is 37.6 Å². The number of hydrogen-bond donors (Lipinski definition) is 2. The normalized spacial score (nSPS) is 17.4. The third-order valence-corrected chi connectivity index (χ3v) is 6.55. The van der Waals surface area contributed by atoms with Crippen LogP contribution in [0.15, 0.2) is 16.5 Å². The molecule has 5 rings (SSSR count). The molecule has 4 heterocycles. The fourth-order valence-corrected chi connectivity index (χ4v) is 4.72. The average Bonchev–Trinajstić information content (AvgIpc) is 3.19. The fraction of sp³-hybridized carbons (Fsp3) is 0.417. The minimum absolute atomic E-state index is 0.000773. The first-order valence-electron chi connectivity index (χ1n) is 11.8. The van der Waals surface area contributed by atoms with Crippen LogP contribution in [0.25, 0.3) is 0 Å². The Bertz CT molecular complexity index is 1390. The lowest BCUT2D eigenvalue weighted by molar-refractivity contribution is -0.140. The number of benzene rings is 1. The first-order chi connectivity index (χ1) is 18.1. The van der Waals surface area contributed by atoms with Gasteiger partial charge in [-0.05, 0) is 18.6 Å². The number of nitrogens with zero attached hydrogens (tertiary/aromatic N) is 4. The maximum Gasteiger partial charge on any atom is 0.416 e. The monoisotopic (exact) mass is 536 g/mol. The molecule has 0 spiro atoms. The highest BCUT2D eigenvalue weighted by Gasteiger charge is 2.40. The first kappa shape index (κ1) is 25.7. The van der Waals surface area contributed by atoms with Gasteiger partial charge in [-0.1, -0.05) is 0 Å². The minimum atomic E-state index is -4.81. The standard InChI is InChI=1S/C24H24F4N6O4/c1-30-21(35)22-31-15-9-34(7-3-4-16(15)38-22)20-11-10-37-17(8-14(11)32-23(33-20)36-2)18-12(24(26,27)28)5-6-13(29)19(18)25/h5-6,17H,3-4,7-10,29H2,1-2H3,(H,30,35). The van der Waals surface area contributed by atoms with E-state index in [4.69, 9.17) is 19.6 Å². The lowest BCUT2D eigenvalue weighted by Gasteiger charge is -2.31. The van der Waals surface area contributed by atoms with E-state index in [9.17, 15) is 22.4 Å². The highest BCUT2D eigenvalue weighted by Crippen LogP contribution is 2.43. The quantitative estimate of drug-likeness (QED) is 0.381.